The Morgan fingerprint density at radius 2 is 2.06 bits per heavy atom. The third-order valence-electron chi connectivity index (χ3n) is 2.81. The maximum atomic E-state index is 5.76. The van der Waals surface area contributed by atoms with E-state index in [9.17, 15) is 0 Å². The predicted octanol–water partition coefficient (Wildman–Crippen LogP) is 4.07. The third kappa shape index (κ3) is 2.96. The van der Waals surface area contributed by atoms with Crippen LogP contribution in [0.25, 0.3) is 11.1 Å². The summed E-state index contributed by atoms with van der Waals surface area (Å²) in [5, 5.41) is 2.12. The molecule has 17 heavy (non-hydrogen) atoms. The second-order valence-corrected chi connectivity index (χ2v) is 5.76. The third-order valence-corrected chi connectivity index (χ3v) is 3.76. The Kier molecular flexibility index (Phi) is 3.97. The average Bonchev–Trinajstić information content (AvgIpc) is 2.76. The summed E-state index contributed by atoms with van der Waals surface area (Å²) in [6, 6.07) is 11.0. The highest BCUT2D eigenvalue weighted by Gasteiger charge is 2.06. The summed E-state index contributed by atoms with van der Waals surface area (Å²) in [5.41, 5.74) is 9.76. The number of hydrogen-bond acceptors (Lipinski definition) is 2. The van der Waals surface area contributed by atoms with Crippen LogP contribution in [0.15, 0.2) is 35.7 Å². The van der Waals surface area contributed by atoms with Gasteiger partial charge in [0.1, 0.15) is 0 Å². The summed E-state index contributed by atoms with van der Waals surface area (Å²) >= 11 is 1.74. The summed E-state index contributed by atoms with van der Waals surface area (Å²) in [6.07, 6.45) is 1.13. The van der Waals surface area contributed by atoms with E-state index in [-0.39, 0.29) is 0 Å². The van der Waals surface area contributed by atoms with Gasteiger partial charge in [0.15, 0.2) is 0 Å². The normalized spacial score (nSPS) is 11.1. The van der Waals surface area contributed by atoms with Gasteiger partial charge in [0.05, 0.1) is 0 Å². The van der Waals surface area contributed by atoms with Gasteiger partial charge in [-0.15, -0.1) is 11.3 Å². The van der Waals surface area contributed by atoms with Crippen LogP contribution in [0.1, 0.15) is 24.3 Å². The van der Waals surface area contributed by atoms with Crippen LogP contribution in [0.4, 0.5) is 0 Å². The molecule has 0 bridgehead atoms. The molecular weight excluding hydrogens is 226 g/mol. The van der Waals surface area contributed by atoms with E-state index in [4.69, 9.17) is 5.73 Å². The van der Waals surface area contributed by atoms with E-state index in [1.54, 1.807) is 11.3 Å². The summed E-state index contributed by atoms with van der Waals surface area (Å²) in [6.45, 7) is 5.13. The second-order valence-electron chi connectivity index (χ2n) is 4.76. The van der Waals surface area contributed by atoms with Gasteiger partial charge in [-0.1, -0.05) is 38.1 Å². The van der Waals surface area contributed by atoms with E-state index in [0.717, 1.165) is 6.42 Å². The van der Waals surface area contributed by atoms with E-state index in [1.807, 2.05) is 0 Å². The predicted molar refractivity (Wildman–Crippen MR) is 76.2 cm³/mol. The molecule has 0 saturated carbocycles. The molecule has 90 valence electrons. The summed E-state index contributed by atoms with van der Waals surface area (Å²) < 4.78 is 0. The number of thiophene rings is 1. The van der Waals surface area contributed by atoms with E-state index >= 15 is 0 Å². The molecule has 1 heterocycles. The molecule has 0 unspecified atom stereocenters. The van der Waals surface area contributed by atoms with Gasteiger partial charge in [-0.3, -0.25) is 0 Å². The smallest absolute Gasteiger partial charge is 0.0280 e. The van der Waals surface area contributed by atoms with E-state index < -0.39 is 0 Å². The first kappa shape index (κ1) is 12.3. The second kappa shape index (κ2) is 5.48. The van der Waals surface area contributed by atoms with Crippen molar-refractivity contribution in [1.82, 2.24) is 0 Å². The van der Waals surface area contributed by atoms with E-state index in [0.29, 0.717) is 12.5 Å². The summed E-state index contributed by atoms with van der Waals surface area (Å²) in [4.78, 5) is 1.27. The number of benzene rings is 1. The Bertz CT molecular complexity index is 485. The summed E-state index contributed by atoms with van der Waals surface area (Å²) in [5.74, 6) is 0.696. The fourth-order valence-corrected chi connectivity index (χ4v) is 2.87. The lowest BCUT2D eigenvalue weighted by molar-refractivity contribution is 0.647. The monoisotopic (exact) mass is 245 g/mol. The van der Waals surface area contributed by atoms with Crippen LogP contribution < -0.4 is 5.73 Å². The fourth-order valence-electron chi connectivity index (χ4n) is 2.09. The molecule has 0 amide bonds. The fraction of sp³-hybridized carbons (Fsp3) is 0.333. The lowest BCUT2D eigenvalue weighted by atomic mass is 9.98. The molecule has 2 N–H and O–H groups in total. The van der Waals surface area contributed by atoms with Crippen LogP contribution >= 0.6 is 11.3 Å². The highest BCUT2D eigenvalue weighted by Crippen LogP contribution is 2.28. The molecule has 2 aromatic rings. The average molecular weight is 245 g/mol. The molecule has 2 rings (SSSR count). The van der Waals surface area contributed by atoms with Crippen molar-refractivity contribution in [2.45, 2.75) is 26.8 Å². The molecule has 1 aromatic carbocycles. The Hall–Kier alpha value is -1.12. The van der Waals surface area contributed by atoms with Gasteiger partial charge in [0, 0.05) is 11.4 Å². The molecule has 0 aliphatic rings. The van der Waals surface area contributed by atoms with Gasteiger partial charge in [-0.25, -0.2) is 0 Å². The Morgan fingerprint density at radius 1 is 1.24 bits per heavy atom. The van der Waals surface area contributed by atoms with Crippen LogP contribution in [0, 0.1) is 5.92 Å². The zero-order valence-electron chi connectivity index (χ0n) is 10.4. The van der Waals surface area contributed by atoms with Gasteiger partial charge in [-0.2, -0.15) is 0 Å². The van der Waals surface area contributed by atoms with Crippen molar-refractivity contribution in [3.05, 3.63) is 46.2 Å². The quantitative estimate of drug-likeness (QED) is 0.863. The highest BCUT2D eigenvalue weighted by atomic mass is 32.1. The maximum Gasteiger partial charge on any atom is 0.0280 e. The minimum Gasteiger partial charge on any atom is -0.326 e. The molecule has 1 nitrogen and oxygen atoms in total. The zero-order chi connectivity index (χ0) is 12.3. The first-order chi connectivity index (χ1) is 8.20. The first-order valence-corrected chi connectivity index (χ1v) is 6.94. The molecule has 0 radical (unpaired) electrons. The van der Waals surface area contributed by atoms with Crippen molar-refractivity contribution >= 4 is 11.3 Å². The lowest BCUT2D eigenvalue weighted by Crippen LogP contribution is -1.96. The minimum atomic E-state index is 0.626. The Morgan fingerprint density at radius 3 is 2.76 bits per heavy atom. The van der Waals surface area contributed by atoms with Gasteiger partial charge in [0.2, 0.25) is 0 Å². The standard InChI is InChI=1S/C15H19NS/c1-11(2)8-12-4-3-5-13(9-12)14-6-7-17-15(14)10-16/h3-7,9,11H,8,10,16H2,1-2H3. The van der Waals surface area contributed by atoms with Gasteiger partial charge in [0.25, 0.3) is 0 Å². The van der Waals surface area contributed by atoms with Crippen molar-refractivity contribution in [3.63, 3.8) is 0 Å². The van der Waals surface area contributed by atoms with Crippen LogP contribution in [-0.2, 0) is 13.0 Å². The molecule has 0 atom stereocenters. The lowest BCUT2D eigenvalue weighted by Gasteiger charge is -2.08. The van der Waals surface area contributed by atoms with Gasteiger partial charge < -0.3 is 5.73 Å². The highest BCUT2D eigenvalue weighted by molar-refractivity contribution is 7.10. The Labute approximate surface area is 107 Å². The van der Waals surface area contributed by atoms with Gasteiger partial charge >= 0.3 is 0 Å². The largest absolute Gasteiger partial charge is 0.326 e. The number of hydrogen-bond donors (Lipinski definition) is 1. The van der Waals surface area contributed by atoms with Gasteiger partial charge in [-0.05, 0) is 40.5 Å². The SMILES string of the molecule is CC(C)Cc1cccc(-c2ccsc2CN)c1. The van der Waals surface area contributed by atoms with E-state index in [1.165, 1.54) is 21.6 Å². The van der Waals surface area contributed by atoms with Crippen molar-refractivity contribution < 1.29 is 0 Å². The van der Waals surface area contributed by atoms with Crippen LogP contribution in [0.2, 0.25) is 0 Å². The van der Waals surface area contributed by atoms with Crippen molar-refractivity contribution in [1.29, 1.82) is 0 Å². The molecule has 2 heteroatoms. The zero-order valence-corrected chi connectivity index (χ0v) is 11.3. The van der Waals surface area contributed by atoms with Crippen LogP contribution in [0.5, 0.6) is 0 Å². The minimum absolute atomic E-state index is 0.626. The van der Waals surface area contributed by atoms with Crippen LogP contribution in [-0.4, -0.2) is 0 Å². The molecule has 1 aromatic heterocycles. The number of nitrogens with two attached hydrogens (primary N) is 1. The maximum absolute atomic E-state index is 5.76. The molecule has 0 saturated heterocycles. The summed E-state index contributed by atoms with van der Waals surface area (Å²) in [7, 11) is 0. The van der Waals surface area contributed by atoms with Crippen molar-refractivity contribution in [2.24, 2.45) is 11.7 Å². The van der Waals surface area contributed by atoms with Crippen molar-refractivity contribution in [2.75, 3.05) is 0 Å². The van der Waals surface area contributed by atoms with Crippen molar-refractivity contribution in [3.8, 4) is 11.1 Å². The number of rotatable bonds is 4. The van der Waals surface area contributed by atoms with E-state index in [2.05, 4.69) is 49.6 Å². The molecule has 0 aliphatic heterocycles. The molecule has 0 aliphatic carbocycles. The Balaban J connectivity index is 2.33. The first-order valence-electron chi connectivity index (χ1n) is 6.06. The molecular formula is C15H19NS. The topological polar surface area (TPSA) is 26.0 Å². The molecule has 0 spiro atoms. The van der Waals surface area contributed by atoms with Crippen LogP contribution in [0.3, 0.4) is 0 Å². The molecule has 0 fully saturated rings.